The van der Waals surface area contributed by atoms with E-state index < -0.39 is 0 Å². The van der Waals surface area contributed by atoms with E-state index in [1.165, 1.54) is 6.42 Å². The zero-order valence-electron chi connectivity index (χ0n) is 11.2. The number of halogens is 1. The summed E-state index contributed by atoms with van der Waals surface area (Å²) < 4.78 is 10.7. The van der Waals surface area contributed by atoms with E-state index in [2.05, 4.69) is 0 Å². The summed E-state index contributed by atoms with van der Waals surface area (Å²) in [5.41, 5.74) is 0.568. The topological polar surface area (TPSA) is 35.5 Å². The molecule has 0 aliphatic carbocycles. The highest BCUT2D eigenvalue weighted by Gasteiger charge is 2.17. The van der Waals surface area contributed by atoms with Crippen LogP contribution in [0.25, 0.3) is 0 Å². The minimum absolute atomic E-state index is 0.0711. The third-order valence-corrected chi connectivity index (χ3v) is 3.76. The fourth-order valence-corrected chi connectivity index (χ4v) is 2.59. The van der Waals surface area contributed by atoms with E-state index >= 15 is 0 Å². The molecule has 104 valence electrons. The number of Topliss-reactive ketones (excluding diaryl/α,β-unsaturated/α-hetero) is 1. The summed E-state index contributed by atoms with van der Waals surface area (Å²) in [5.74, 6) is 0.735. The molecule has 1 aromatic rings. The maximum atomic E-state index is 12.1. The van der Waals surface area contributed by atoms with Gasteiger partial charge in [0.25, 0.3) is 0 Å². The molecular formula is C15H19ClO3. The van der Waals surface area contributed by atoms with E-state index in [1.807, 2.05) is 0 Å². The number of benzene rings is 1. The van der Waals surface area contributed by atoms with Crippen LogP contribution in [0, 0.1) is 0 Å². The maximum absolute atomic E-state index is 12.1. The minimum Gasteiger partial charge on any atom is -0.497 e. The Balaban J connectivity index is 1.92. The zero-order chi connectivity index (χ0) is 13.7. The summed E-state index contributed by atoms with van der Waals surface area (Å²) in [6, 6.07) is 5.16. The number of hydrogen-bond acceptors (Lipinski definition) is 3. The van der Waals surface area contributed by atoms with Crippen LogP contribution in [0.2, 0.25) is 5.02 Å². The smallest absolute Gasteiger partial charge is 0.164 e. The summed E-state index contributed by atoms with van der Waals surface area (Å²) in [4.78, 5) is 12.1. The standard InChI is InChI=1S/C15H19ClO3/c1-18-12-5-7-13(14(16)10-12)15(17)8-6-11-4-2-3-9-19-11/h5,7,10-11H,2-4,6,8-9H2,1H3. The molecule has 4 heteroatoms. The van der Waals surface area contributed by atoms with Crippen LogP contribution in [0.4, 0.5) is 0 Å². The molecule has 2 rings (SSSR count). The van der Waals surface area contributed by atoms with Crippen LogP contribution in [-0.4, -0.2) is 25.6 Å². The van der Waals surface area contributed by atoms with E-state index in [0.717, 1.165) is 25.9 Å². The van der Waals surface area contributed by atoms with Gasteiger partial charge in [0.15, 0.2) is 5.78 Å². The van der Waals surface area contributed by atoms with Crippen LogP contribution in [-0.2, 0) is 4.74 Å². The molecule has 1 saturated heterocycles. The van der Waals surface area contributed by atoms with Crippen molar-refractivity contribution < 1.29 is 14.3 Å². The summed E-state index contributed by atoms with van der Waals surface area (Å²) >= 11 is 6.09. The molecule has 1 atom stereocenters. The van der Waals surface area contributed by atoms with Crippen LogP contribution in [0.15, 0.2) is 18.2 Å². The van der Waals surface area contributed by atoms with E-state index in [9.17, 15) is 4.79 Å². The van der Waals surface area contributed by atoms with Gasteiger partial charge >= 0.3 is 0 Å². The van der Waals surface area contributed by atoms with Gasteiger partial charge in [-0.2, -0.15) is 0 Å². The first-order valence-corrected chi connectivity index (χ1v) is 7.07. The highest BCUT2D eigenvalue weighted by Crippen LogP contribution is 2.25. The first-order valence-electron chi connectivity index (χ1n) is 6.69. The highest BCUT2D eigenvalue weighted by atomic mass is 35.5. The third kappa shape index (κ3) is 3.95. The van der Waals surface area contributed by atoms with E-state index in [0.29, 0.717) is 22.8 Å². The van der Waals surface area contributed by atoms with Crippen molar-refractivity contribution in [1.82, 2.24) is 0 Å². The monoisotopic (exact) mass is 282 g/mol. The zero-order valence-corrected chi connectivity index (χ0v) is 11.9. The second-order valence-electron chi connectivity index (χ2n) is 4.80. The maximum Gasteiger partial charge on any atom is 0.164 e. The lowest BCUT2D eigenvalue weighted by Gasteiger charge is -2.22. The fourth-order valence-electron chi connectivity index (χ4n) is 2.31. The number of carbonyl (C=O) groups is 1. The molecule has 0 saturated carbocycles. The Bertz CT molecular complexity index is 439. The molecule has 3 nitrogen and oxygen atoms in total. The van der Waals surface area contributed by atoms with Crippen molar-refractivity contribution in [3.63, 3.8) is 0 Å². The molecule has 0 spiro atoms. The number of carbonyl (C=O) groups excluding carboxylic acids is 1. The number of methoxy groups -OCH3 is 1. The first kappa shape index (κ1) is 14.4. The Morgan fingerprint density at radius 1 is 1.47 bits per heavy atom. The van der Waals surface area contributed by atoms with Gasteiger partial charge in [-0.3, -0.25) is 4.79 Å². The number of ketones is 1. The van der Waals surface area contributed by atoms with Crippen molar-refractivity contribution >= 4 is 17.4 Å². The van der Waals surface area contributed by atoms with Gasteiger partial charge in [0.1, 0.15) is 5.75 Å². The van der Waals surface area contributed by atoms with Gasteiger partial charge in [0.2, 0.25) is 0 Å². The average Bonchev–Trinajstić information content (AvgIpc) is 2.45. The lowest BCUT2D eigenvalue weighted by atomic mass is 10.00. The Morgan fingerprint density at radius 3 is 2.95 bits per heavy atom. The lowest BCUT2D eigenvalue weighted by Crippen LogP contribution is -2.20. The fraction of sp³-hybridized carbons (Fsp3) is 0.533. The van der Waals surface area contributed by atoms with Crippen LogP contribution >= 0.6 is 11.6 Å². The number of rotatable bonds is 5. The van der Waals surface area contributed by atoms with Gasteiger partial charge in [-0.1, -0.05) is 11.6 Å². The van der Waals surface area contributed by atoms with E-state index in [-0.39, 0.29) is 11.9 Å². The van der Waals surface area contributed by atoms with Crippen LogP contribution in [0.1, 0.15) is 42.5 Å². The van der Waals surface area contributed by atoms with Crippen molar-refractivity contribution in [3.05, 3.63) is 28.8 Å². The van der Waals surface area contributed by atoms with Crippen molar-refractivity contribution in [1.29, 1.82) is 0 Å². The van der Waals surface area contributed by atoms with Gasteiger partial charge in [-0.25, -0.2) is 0 Å². The van der Waals surface area contributed by atoms with E-state index in [4.69, 9.17) is 21.1 Å². The first-order chi connectivity index (χ1) is 9.20. The SMILES string of the molecule is COc1ccc(C(=O)CCC2CCCCO2)c(Cl)c1. The quantitative estimate of drug-likeness (QED) is 0.769. The normalized spacial score (nSPS) is 19.2. The molecule has 1 fully saturated rings. The van der Waals surface area contributed by atoms with Crippen molar-refractivity contribution in [2.75, 3.05) is 13.7 Å². The molecule has 0 N–H and O–H groups in total. The third-order valence-electron chi connectivity index (χ3n) is 3.44. The van der Waals surface area contributed by atoms with Crippen LogP contribution < -0.4 is 4.74 Å². The van der Waals surface area contributed by atoms with Crippen LogP contribution in [0.5, 0.6) is 5.75 Å². The van der Waals surface area contributed by atoms with Gasteiger partial charge in [-0.05, 0) is 43.9 Å². The average molecular weight is 283 g/mol. The highest BCUT2D eigenvalue weighted by molar-refractivity contribution is 6.34. The molecule has 1 heterocycles. The van der Waals surface area contributed by atoms with Crippen LogP contribution in [0.3, 0.4) is 0 Å². The van der Waals surface area contributed by atoms with Gasteiger partial charge < -0.3 is 9.47 Å². The van der Waals surface area contributed by atoms with Crippen molar-refractivity contribution in [3.8, 4) is 5.75 Å². The summed E-state index contributed by atoms with van der Waals surface area (Å²) in [6.45, 7) is 0.822. The molecule has 0 amide bonds. The van der Waals surface area contributed by atoms with E-state index in [1.54, 1.807) is 25.3 Å². The number of hydrogen-bond donors (Lipinski definition) is 0. The van der Waals surface area contributed by atoms with Crippen molar-refractivity contribution in [2.24, 2.45) is 0 Å². The molecule has 1 unspecified atom stereocenters. The molecule has 0 radical (unpaired) electrons. The van der Waals surface area contributed by atoms with Gasteiger partial charge in [0, 0.05) is 18.6 Å². The summed E-state index contributed by atoms with van der Waals surface area (Å²) in [7, 11) is 1.58. The second kappa shape index (κ2) is 6.92. The number of ether oxygens (including phenoxy) is 2. The molecule has 0 aromatic heterocycles. The molecule has 1 aliphatic rings. The Kier molecular flexibility index (Phi) is 5.23. The lowest BCUT2D eigenvalue weighted by molar-refractivity contribution is 0.0104. The Labute approximate surface area is 118 Å². The predicted molar refractivity (Wildman–Crippen MR) is 75.2 cm³/mol. The molecule has 1 aromatic carbocycles. The predicted octanol–water partition coefficient (Wildman–Crippen LogP) is 3.88. The summed E-state index contributed by atoms with van der Waals surface area (Å²) in [6.07, 6.45) is 4.88. The molecular weight excluding hydrogens is 264 g/mol. The van der Waals surface area contributed by atoms with Gasteiger partial charge in [-0.15, -0.1) is 0 Å². The van der Waals surface area contributed by atoms with Gasteiger partial charge in [0.05, 0.1) is 18.2 Å². The second-order valence-corrected chi connectivity index (χ2v) is 5.20. The Hall–Kier alpha value is -1.06. The minimum atomic E-state index is 0.0711. The molecule has 1 aliphatic heterocycles. The largest absolute Gasteiger partial charge is 0.497 e. The summed E-state index contributed by atoms with van der Waals surface area (Å²) in [5, 5.41) is 0.453. The molecule has 19 heavy (non-hydrogen) atoms. The Morgan fingerprint density at radius 2 is 2.32 bits per heavy atom. The molecule has 0 bridgehead atoms. The van der Waals surface area contributed by atoms with Crippen molar-refractivity contribution in [2.45, 2.75) is 38.2 Å².